The third-order valence-electron chi connectivity index (χ3n) is 9.44. The molecular formula is C39H51BN2O9. The first-order valence-corrected chi connectivity index (χ1v) is 17.0. The molecule has 3 aromatic carbocycles. The molecule has 4 rings (SSSR count). The van der Waals surface area contributed by atoms with Gasteiger partial charge in [-0.15, -0.1) is 0 Å². The Morgan fingerprint density at radius 1 is 0.882 bits per heavy atom. The van der Waals surface area contributed by atoms with Gasteiger partial charge >= 0.3 is 19.2 Å². The van der Waals surface area contributed by atoms with E-state index in [0.717, 1.165) is 5.56 Å². The Labute approximate surface area is 301 Å². The maximum atomic E-state index is 14.5. The molecule has 0 radical (unpaired) electrons. The number of hydrogen-bond acceptors (Lipinski definition) is 9. The minimum Gasteiger partial charge on any atom is -0.508 e. The van der Waals surface area contributed by atoms with E-state index in [1.165, 1.54) is 24.1 Å². The van der Waals surface area contributed by atoms with E-state index in [9.17, 15) is 19.5 Å². The lowest BCUT2D eigenvalue weighted by Gasteiger charge is -2.39. The fraction of sp³-hybridized carbons (Fsp3) is 0.462. The number of nitrogens with one attached hydrogen (secondary N) is 1. The summed E-state index contributed by atoms with van der Waals surface area (Å²) in [7, 11) is 2.31. The van der Waals surface area contributed by atoms with Gasteiger partial charge in [0.1, 0.15) is 35.3 Å². The lowest BCUT2D eigenvalue weighted by molar-refractivity contribution is -0.150. The summed E-state index contributed by atoms with van der Waals surface area (Å²) in [5.41, 5.74) is -0.783. The number of rotatable bonds is 12. The summed E-state index contributed by atoms with van der Waals surface area (Å²) in [6, 6.07) is 19.8. The van der Waals surface area contributed by atoms with E-state index < -0.39 is 53.5 Å². The molecule has 1 heterocycles. The lowest BCUT2D eigenvalue weighted by Crippen LogP contribution is -2.62. The average molecular weight is 703 g/mol. The molecule has 11 nitrogen and oxygen atoms in total. The van der Waals surface area contributed by atoms with Gasteiger partial charge in [0.25, 0.3) is 0 Å². The zero-order chi connectivity index (χ0) is 37.8. The van der Waals surface area contributed by atoms with Crippen molar-refractivity contribution in [3.63, 3.8) is 0 Å². The van der Waals surface area contributed by atoms with Gasteiger partial charge in [0, 0.05) is 25.4 Å². The molecule has 274 valence electrons. The van der Waals surface area contributed by atoms with Crippen LogP contribution >= 0.6 is 0 Å². The molecule has 0 spiro atoms. The normalized spacial score (nSPS) is 16.8. The Bertz CT molecular complexity index is 1670. The highest BCUT2D eigenvalue weighted by Gasteiger charge is 2.52. The number of nitrogens with zero attached hydrogens (tertiary/aromatic N) is 1. The SMILES string of the molecule is COc1ccc(CC(NC(=O)C(C)(Cc2ccc(O)cc2)N(C)C(=O)OC(C)(C)C)C(=O)OCc2ccccc2)cc1B1OC(C)(C)C(C)(C)O1. The number of likely N-dealkylation sites (N-methyl/N-ethyl adjacent to an activating group) is 1. The summed E-state index contributed by atoms with van der Waals surface area (Å²) in [5.74, 6) is -0.659. The van der Waals surface area contributed by atoms with Crippen LogP contribution in [0.15, 0.2) is 72.8 Å². The molecule has 1 saturated heterocycles. The second-order valence-electron chi connectivity index (χ2n) is 15.1. The van der Waals surface area contributed by atoms with Crippen LogP contribution in [0.25, 0.3) is 0 Å². The van der Waals surface area contributed by atoms with Crippen LogP contribution in [0, 0.1) is 0 Å². The molecule has 2 unspecified atom stereocenters. The lowest BCUT2D eigenvalue weighted by atomic mass is 9.77. The molecule has 1 aliphatic heterocycles. The van der Waals surface area contributed by atoms with Gasteiger partial charge in [0.15, 0.2) is 0 Å². The Hall–Kier alpha value is -4.55. The minimum absolute atomic E-state index is 0.00356. The molecule has 1 aliphatic rings. The Morgan fingerprint density at radius 2 is 1.47 bits per heavy atom. The highest BCUT2D eigenvalue weighted by atomic mass is 16.7. The van der Waals surface area contributed by atoms with Crippen LogP contribution in [0.3, 0.4) is 0 Å². The highest BCUT2D eigenvalue weighted by Crippen LogP contribution is 2.37. The van der Waals surface area contributed by atoms with Gasteiger partial charge in [-0.1, -0.05) is 54.6 Å². The minimum atomic E-state index is -1.54. The largest absolute Gasteiger partial charge is 0.508 e. The predicted molar refractivity (Wildman–Crippen MR) is 195 cm³/mol. The molecular weight excluding hydrogens is 651 g/mol. The maximum Gasteiger partial charge on any atom is 0.498 e. The number of ether oxygens (including phenoxy) is 3. The molecule has 2 amide bonds. The smallest absolute Gasteiger partial charge is 0.498 e. The van der Waals surface area contributed by atoms with E-state index >= 15 is 0 Å². The molecule has 0 bridgehead atoms. The molecule has 1 fully saturated rings. The van der Waals surface area contributed by atoms with Crippen molar-refractivity contribution < 1.29 is 43.0 Å². The van der Waals surface area contributed by atoms with Crippen LogP contribution in [0.1, 0.15) is 72.1 Å². The fourth-order valence-corrected chi connectivity index (χ4v) is 5.53. The van der Waals surface area contributed by atoms with Crippen LogP contribution in [-0.4, -0.2) is 77.6 Å². The molecule has 0 aliphatic carbocycles. The van der Waals surface area contributed by atoms with E-state index in [-0.39, 0.29) is 25.2 Å². The Morgan fingerprint density at radius 3 is 2.04 bits per heavy atom. The predicted octanol–water partition coefficient (Wildman–Crippen LogP) is 5.34. The van der Waals surface area contributed by atoms with Crippen LogP contribution in [0.2, 0.25) is 0 Å². The van der Waals surface area contributed by atoms with Crippen LogP contribution in [0.4, 0.5) is 4.79 Å². The number of amides is 2. The number of carbonyl (C=O) groups excluding carboxylic acids is 3. The number of methoxy groups -OCH3 is 1. The van der Waals surface area contributed by atoms with Gasteiger partial charge in [0.05, 0.1) is 18.3 Å². The summed E-state index contributed by atoms with van der Waals surface area (Å²) in [5, 5.41) is 12.8. The molecule has 3 aromatic rings. The van der Waals surface area contributed by atoms with E-state index in [2.05, 4.69) is 5.32 Å². The van der Waals surface area contributed by atoms with E-state index in [1.54, 1.807) is 59.1 Å². The number of carbonyl (C=O) groups is 3. The molecule has 0 saturated carbocycles. The van der Waals surface area contributed by atoms with Crippen molar-refractivity contribution in [3.8, 4) is 11.5 Å². The Balaban J connectivity index is 1.69. The zero-order valence-electron chi connectivity index (χ0n) is 31.4. The van der Waals surface area contributed by atoms with E-state index in [0.29, 0.717) is 22.3 Å². The molecule has 2 N–H and O–H groups in total. The first-order chi connectivity index (χ1) is 23.7. The summed E-state index contributed by atoms with van der Waals surface area (Å²) in [6.45, 7) is 14.7. The number of phenolic OH excluding ortho intramolecular Hbond substituents is 1. The van der Waals surface area contributed by atoms with Gasteiger partial charge in [-0.25, -0.2) is 9.59 Å². The number of phenols is 1. The molecule has 12 heteroatoms. The number of benzene rings is 3. The zero-order valence-corrected chi connectivity index (χ0v) is 31.4. The van der Waals surface area contributed by atoms with E-state index in [4.69, 9.17) is 23.5 Å². The Kier molecular flexibility index (Phi) is 11.8. The van der Waals surface area contributed by atoms with Gasteiger partial charge in [-0.3, -0.25) is 9.69 Å². The van der Waals surface area contributed by atoms with Gasteiger partial charge in [-0.2, -0.15) is 0 Å². The van der Waals surface area contributed by atoms with Crippen molar-refractivity contribution in [3.05, 3.63) is 89.5 Å². The van der Waals surface area contributed by atoms with Crippen LogP contribution < -0.4 is 15.5 Å². The maximum absolute atomic E-state index is 14.5. The summed E-state index contributed by atoms with van der Waals surface area (Å²) < 4.78 is 29.7. The first-order valence-electron chi connectivity index (χ1n) is 17.0. The van der Waals surface area contributed by atoms with Gasteiger partial charge in [0.2, 0.25) is 5.91 Å². The van der Waals surface area contributed by atoms with Gasteiger partial charge in [-0.05, 0) is 90.3 Å². The molecule has 0 aromatic heterocycles. The fourth-order valence-electron chi connectivity index (χ4n) is 5.53. The topological polar surface area (TPSA) is 133 Å². The number of hydrogen-bond donors (Lipinski definition) is 2. The average Bonchev–Trinajstić information content (AvgIpc) is 3.29. The number of esters is 1. The molecule has 2 atom stereocenters. The van der Waals surface area contributed by atoms with E-state index in [1.807, 2.05) is 64.1 Å². The number of aromatic hydroxyl groups is 1. The monoisotopic (exact) mass is 702 g/mol. The summed E-state index contributed by atoms with van der Waals surface area (Å²) >= 11 is 0. The molecule has 51 heavy (non-hydrogen) atoms. The highest BCUT2D eigenvalue weighted by molar-refractivity contribution is 6.63. The van der Waals surface area contributed by atoms with Crippen LogP contribution in [0.5, 0.6) is 11.5 Å². The van der Waals surface area contributed by atoms with Crippen molar-refractivity contribution in [1.82, 2.24) is 10.2 Å². The standard InChI is InChI=1S/C39H51BN2O9/c1-36(2,3)49-35(46)42(9)39(8,24-26-16-19-29(43)20-17-26)34(45)41-31(33(44)48-25-27-14-12-11-13-15-27)23-28-18-21-32(47-10)30(22-28)40-50-37(4,5)38(6,7)51-40/h11-22,31,43H,23-25H2,1-10H3,(H,41,45). The van der Waals surface area contributed by atoms with Crippen molar-refractivity contribution in [2.24, 2.45) is 0 Å². The second kappa shape index (κ2) is 15.4. The van der Waals surface area contributed by atoms with Crippen molar-refractivity contribution in [1.29, 1.82) is 0 Å². The second-order valence-corrected chi connectivity index (χ2v) is 15.1. The first kappa shape index (κ1) is 39.2. The summed E-state index contributed by atoms with van der Waals surface area (Å²) in [4.78, 5) is 43.0. The third-order valence-corrected chi connectivity index (χ3v) is 9.44. The van der Waals surface area contributed by atoms with Crippen molar-refractivity contribution in [2.75, 3.05) is 14.2 Å². The quantitative estimate of drug-likeness (QED) is 0.190. The van der Waals surface area contributed by atoms with Crippen molar-refractivity contribution in [2.45, 2.75) is 103 Å². The van der Waals surface area contributed by atoms with Crippen molar-refractivity contribution >= 4 is 30.6 Å². The third kappa shape index (κ3) is 9.62. The van der Waals surface area contributed by atoms with Gasteiger partial charge < -0.3 is 33.9 Å². The van der Waals surface area contributed by atoms with Crippen LogP contribution in [-0.2, 0) is 47.8 Å². The summed E-state index contributed by atoms with van der Waals surface area (Å²) in [6.07, 6.45) is -0.624.